The Labute approximate surface area is 177 Å². The molecule has 1 amide bonds. The van der Waals surface area contributed by atoms with Crippen molar-refractivity contribution in [1.82, 2.24) is 14.6 Å². The van der Waals surface area contributed by atoms with Crippen LogP contribution >= 0.6 is 69.8 Å². The Balaban J connectivity index is 1.80. The predicted octanol–water partition coefficient (Wildman–Crippen LogP) is 6.12. The zero-order chi connectivity index (χ0) is 19.0. The highest BCUT2D eigenvalue weighted by Gasteiger charge is 2.21. The van der Waals surface area contributed by atoms with Crippen molar-refractivity contribution in [2.75, 3.05) is 5.32 Å². The highest BCUT2D eigenvalue weighted by Crippen LogP contribution is 2.34. The van der Waals surface area contributed by atoms with Crippen LogP contribution in [0.25, 0.3) is 5.65 Å². The summed E-state index contributed by atoms with van der Waals surface area (Å²) in [7, 11) is 0. The molecule has 1 unspecified atom stereocenters. The van der Waals surface area contributed by atoms with E-state index in [1.165, 1.54) is 23.9 Å². The Hall–Kier alpha value is -0.890. The number of hydrogen-bond acceptors (Lipinski definition) is 4. The molecule has 1 N–H and O–H groups in total. The van der Waals surface area contributed by atoms with E-state index in [0.29, 0.717) is 31.6 Å². The van der Waals surface area contributed by atoms with Crippen molar-refractivity contribution < 1.29 is 4.79 Å². The number of pyridine rings is 1. The van der Waals surface area contributed by atoms with Gasteiger partial charge in [-0.25, -0.2) is 0 Å². The molecule has 0 aliphatic heterocycles. The number of rotatable bonds is 4. The number of nitrogens with zero attached hydrogens (tertiary/aromatic N) is 3. The summed E-state index contributed by atoms with van der Waals surface area (Å²) < 4.78 is 1.63. The lowest BCUT2D eigenvalue weighted by Crippen LogP contribution is -2.23. The van der Waals surface area contributed by atoms with Gasteiger partial charge in [0.1, 0.15) is 0 Å². The average Bonchev–Trinajstić information content (AvgIpc) is 2.93. The second-order valence-electron chi connectivity index (χ2n) is 5.18. The standard InChI is InChI=1S/C15H9Cl5N4OS/c1-6(14(25)21-12-9(18)2-7(16)3-10(12)19)26-15-23-22-13-11(20)4-8(17)5-24(13)15/h2-6H,1H3,(H,21,25). The van der Waals surface area contributed by atoms with Gasteiger partial charge in [-0.1, -0.05) is 69.8 Å². The number of carbonyl (C=O) groups is 1. The van der Waals surface area contributed by atoms with Gasteiger partial charge in [0, 0.05) is 11.2 Å². The van der Waals surface area contributed by atoms with Crippen LogP contribution in [0, 0.1) is 0 Å². The fourth-order valence-electron chi connectivity index (χ4n) is 2.08. The van der Waals surface area contributed by atoms with Gasteiger partial charge in [-0.2, -0.15) is 0 Å². The van der Waals surface area contributed by atoms with Crippen molar-refractivity contribution in [2.24, 2.45) is 0 Å². The molecule has 0 bridgehead atoms. The Morgan fingerprint density at radius 1 is 1.04 bits per heavy atom. The van der Waals surface area contributed by atoms with E-state index in [1.54, 1.807) is 23.6 Å². The van der Waals surface area contributed by atoms with Crippen LogP contribution in [0.5, 0.6) is 0 Å². The molecule has 0 spiro atoms. The molecule has 0 saturated carbocycles. The van der Waals surface area contributed by atoms with Crippen LogP contribution in [0.15, 0.2) is 29.6 Å². The number of nitrogens with one attached hydrogen (secondary N) is 1. The van der Waals surface area contributed by atoms with Gasteiger partial charge in [-0.05, 0) is 25.1 Å². The van der Waals surface area contributed by atoms with E-state index >= 15 is 0 Å². The minimum atomic E-state index is -0.525. The van der Waals surface area contributed by atoms with Gasteiger partial charge in [-0.3, -0.25) is 9.20 Å². The van der Waals surface area contributed by atoms with E-state index in [2.05, 4.69) is 15.5 Å². The number of benzene rings is 1. The van der Waals surface area contributed by atoms with Gasteiger partial charge in [0.25, 0.3) is 0 Å². The zero-order valence-corrected chi connectivity index (χ0v) is 17.5. The fourth-order valence-corrected chi connectivity index (χ4v) is 4.32. The molecule has 1 aromatic carbocycles. The summed E-state index contributed by atoms with van der Waals surface area (Å²) >= 11 is 31.4. The first-order chi connectivity index (χ1) is 12.3. The molecule has 3 aromatic rings. The number of halogens is 5. The molecule has 0 fully saturated rings. The number of carbonyl (C=O) groups excluding carboxylic acids is 1. The van der Waals surface area contributed by atoms with E-state index in [4.69, 9.17) is 58.0 Å². The second kappa shape index (κ2) is 8.00. The SMILES string of the molecule is CC(Sc1nnc2c(Cl)cc(Cl)cn12)C(=O)Nc1c(Cl)cc(Cl)cc1Cl. The summed E-state index contributed by atoms with van der Waals surface area (Å²) in [6.07, 6.45) is 1.63. The lowest BCUT2D eigenvalue weighted by molar-refractivity contribution is -0.115. The lowest BCUT2D eigenvalue weighted by atomic mass is 10.3. The number of fused-ring (bicyclic) bond motifs is 1. The summed E-state index contributed by atoms with van der Waals surface area (Å²) in [5, 5.41) is 12.4. The van der Waals surface area contributed by atoms with E-state index in [0.717, 1.165) is 0 Å². The first kappa shape index (κ1) is 19.9. The smallest absolute Gasteiger partial charge is 0.237 e. The molecule has 0 aliphatic rings. The third kappa shape index (κ3) is 4.16. The minimum absolute atomic E-state index is 0.250. The highest BCUT2D eigenvalue weighted by molar-refractivity contribution is 8.00. The maximum Gasteiger partial charge on any atom is 0.237 e. The van der Waals surface area contributed by atoms with Crippen LogP contribution in [-0.4, -0.2) is 25.8 Å². The molecular formula is C15H9Cl5N4OS. The van der Waals surface area contributed by atoms with Crippen LogP contribution in [-0.2, 0) is 4.79 Å². The normalized spacial score (nSPS) is 12.4. The van der Waals surface area contributed by atoms with E-state index in [-0.39, 0.29) is 16.0 Å². The molecule has 0 radical (unpaired) electrons. The molecule has 0 aliphatic carbocycles. The van der Waals surface area contributed by atoms with Crippen LogP contribution in [0.3, 0.4) is 0 Å². The molecule has 1 atom stereocenters. The van der Waals surface area contributed by atoms with E-state index < -0.39 is 5.25 Å². The number of anilines is 1. The topological polar surface area (TPSA) is 59.3 Å². The van der Waals surface area contributed by atoms with E-state index in [1.807, 2.05) is 0 Å². The molecular weight excluding hydrogens is 462 g/mol. The second-order valence-corrected chi connectivity index (χ2v) is 8.58. The Kier molecular flexibility index (Phi) is 6.11. The quantitative estimate of drug-likeness (QED) is 0.467. The van der Waals surface area contributed by atoms with Gasteiger partial charge in [0.15, 0.2) is 10.8 Å². The maximum absolute atomic E-state index is 12.5. The third-order valence-electron chi connectivity index (χ3n) is 3.30. The molecule has 2 aromatic heterocycles. The van der Waals surface area contributed by atoms with E-state index in [9.17, 15) is 4.79 Å². The average molecular weight is 471 g/mol. The van der Waals surface area contributed by atoms with Crippen molar-refractivity contribution in [3.8, 4) is 0 Å². The number of hydrogen-bond donors (Lipinski definition) is 1. The van der Waals surface area contributed by atoms with Gasteiger partial charge in [0.2, 0.25) is 5.91 Å². The Morgan fingerprint density at radius 2 is 1.65 bits per heavy atom. The minimum Gasteiger partial charge on any atom is -0.323 e. The fraction of sp³-hybridized carbons (Fsp3) is 0.133. The summed E-state index contributed by atoms with van der Waals surface area (Å²) in [5.74, 6) is -0.314. The summed E-state index contributed by atoms with van der Waals surface area (Å²) in [5.41, 5.74) is 0.752. The first-order valence-corrected chi connectivity index (χ1v) is 9.85. The highest BCUT2D eigenvalue weighted by atomic mass is 35.5. The van der Waals surface area contributed by atoms with Crippen molar-refractivity contribution >= 4 is 87.0 Å². The monoisotopic (exact) mass is 468 g/mol. The molecule has 26 heavy (non-hydrogen) atoms. The molecule has 0 saturated heterocycles. The molecule has 5 nitrogen and oxygen atoms in total. The summed E-state index contributed by atoms with van der Waals surface area (Å²) in [6, 6.07) is 4.57. The van der Waals surface area contributed by atoms with Gasteiger partial charge < -0.3 is 5.32 Å². The van der Waals surface area contributed by atoms with Crippen molar-refractivity contribution in [3.05, 3.63) is 49.5 Å². The van der Waals surface area contributed by atoms with Crippen molar-refractivity contribution in [1.29, 1.82) is 0 Å². The van der Waals surface area contributed by atoms with Crippen molar-refractivity contribution in [3.63, 3.8) is 0 Å². The van der Waals surface area contributed by atoms with Crippen LogP contribution in [0.2, 0.25) is 25.1 Å². The molecule has 3 rings (SSSR count). The zero-order valence-electron chi connectivity index (χ0n) is 12.9. The largest absolute Gasteiger partial charge is 0.323 e. The van der Waals surface area contributed by atoms with Crippen molar-refractivity contribution in [2.45, 2.75) is 17.3 Å². The maximum atomic E-state index is 12.5. The van der Waals surface area contributed by atoms with Crippen LogP contribution < -0.4 is 5.32 Å². The third-order valence-corrected chi connectivity index (χ3v) is 5.66. The lowest BCUT2D eigenvalue weighted by Gasteiger charge is -2.13. The van der Waals surface area contributed by atoms with Gasteiger partial charge >= 0.3 is 0 Å². The molecule has 11 heteroatoms. The Morgan fingerprint density at radius 3 is 2.31 bits per heavy atom. The predicted molar refractivity (Wildman–Crippen MR) is 108 cm³/mol. The van der Waals surface area contributed by atoms with Gasteiger partial charge in [0.05, 0.1) is 31.0 Å². The van der Waals surface area contributed by atoms with Crippen LogP contribution in [0.1, 0.15) is 6.92 Å². The number of aromatic nitrogens is 3. The summed E-state index contributed by atoms with van der Waals surface area (Å²) in [6.45, 7) is 1.71. The van der Waals surface area contributed by atoms with Gasteiger partial charge in [-0.15, -0.1) is 10.2 Å². The molecule has 2 heterocycles. The van der Waals surface area contributed by atoms with Crippen LogP contribution in [0.4, 0.5) is 5.69 Å². The Bertz CT molecular complexity index is 986. The number of amides is 1. The molecule has 136 valence electrons. The summed E-state index contributed by atoms with van der Waals surface area (Å²) in [4.78, 5) is 12.5. The first-order valence-electron chi connectivity index (χ1n) is 7.08. The number of thioether (sulfide) groups is 1.